The third-order valence-corrected chi connectivity index (χ3v) is 1.54. The Bertz CT molecular complexity index is 233. The van der Waals surface area contributed by atoms with Gasteiger partial charge in [-0.1, -0.05) is 6.58 Å². The number of carbonyl (C=O) groups is 1. The molecule has 0 aromatic carbocycles. The molecule has 0 aromatic rings. The van der Waals surface area contributed by atoms with Crippen LogP contribution in [0.5, 0.6) is 0 Å². The standard InChI is InChI=1S/C7H10N2O2/c1-5(10)6-3-4-7(11)9(2)8-6/h10H,1,3-4H2,2H3. The minimum atomic E-state index is -0.0515. The second-order valence-electron chi connectivity index (χ2n) is 2.41. The highest BCUT2D eigenvalue weighted by Gasteiger charge is 2.17. The van der Waals surface area contributed by atoms with Crippen LogP contribution in [0.4, 0.5) is 0 Å². The molecule has 1 aliphatic rings. The van der Waals surface area contributed by atoms with Crippen molar-refractivity contribution in [3.05, 3.63) is 12.3 Å². The van der Waals surface area contributed by atoms with Gasteiger partial charge in [-0.3, -0.25) is 4.79 Å². The molecular weight excluding hydrogens is 144 g/mol. The third-order valence-electron chi connectivity index (χ3n) is 1.54. The normalized spacial score (nSPS) is 18.1. The number of aliphatic hydroxyl groups excluding tert-OH is 1. The molecule has 0 aromatic heterocycles. The number of rotatable bonds is 1. The highest BCUT2D eigenvalue weighted by molar-refractivity contribution is 6.01. The summed E-state index contributed by atoms with van der Waals surface area (Å²) >= 11 is 0. The van der Waals surface area contributed by atoms with Gasteiger partial charge in [0.15, 0.2) is 0 Å². The molecule has 60 valence electrons. The molecule has 0 spiro atoms. The van der Waals surface area contributed by atoms with E-state index in [0.29, 0.717) is 18.6 Å². The highest BCUT2D eigenvalue weighted by Crippen LogP contribution is 2.09. The number of aliphatic hydroxyl groups is 1. The zero-order valence-electron chi connectivity index (χ0n) is 6.37. The molecule has 0 aliphatic carbocycles. The molecule has 4 heteroatoms. The smallest absolute Gasteiger partial charge is 0.242 e. The maximum atomic E-state index is 10.9. The first-order valence-corrected chi connectivity index (χ1v) is 3.33. The molecule has 0 saturated heterocycles. The van der Waals surface area contributed by atoms with Gasteiger partial charge in [-0.2, -0.15) is 5.10 Å². The minimum absolute atomic E-state index is 0.0324. The molecule has 4 nitrogen and oxygen atoms in total. The van der Waals surface area contributed by atoms with Crippen LogP contribution >= 0.6 is 0 Å². The molecule has 1 rings (SSSR count). The predicted molar refractivity (Wildman–Crippen MR) is 41.2 cm³/mol. The van der Waals surface area contributed by atoms with Crippen molar-refractivity contribution in [1.82, 2.24) is 5.01 Å². The Morgan fingerprint density at radius 2 is 2.36 bits per heavy atom. The lowest BCUT2D eigenvalue weighted by atomic mass is 10.1. The Labute approximate surface area is 64.8 Å². The molecule has 0 bridgehead atoms. The lowest BCUT2D eigenvalue weighted by Gasteiger charge is -2.18. The number of hydrogen-bond donors (Lipinski definition) is 1. The van der Waals surface area contributed by atoms with E-state index >= 15 is 0 Å². The van der Waals surface area contributed by atoms with Gasteiger partial charge in [-0.15, -0.1) is 0 Å². The summed E-state index contributed by atoms with van der Waals surface area (Å²) in [6.07, 6.45) is 0.882. The fraction of sp³-hybridized carbons (Fsp3) is 0.429. The summed E-state index contributed by atoms with van der Waals surface area (Å²) in [7, 11) is 1.56. The lowest BCUT2D eigenvalue weighted by Crippen LogP contribution is -2.28. The molecule has 1 amide bonds. The van der Waals surface area contributed by atoms with Gasteiger partial charge in [0.05, 0.1) is 0 Å². The van der Waals surface area contributed by atoms with Crippen molar-refractivity contribution in [2.45, 2.75) is 12.8 Å². The van der Waals surface area contributed by atoms with Crippen LogP contribution in [0.2, 0.25) is 0 Å². The predicted octanol–water partition coefficient (Wildman–Crippen LogP) is 0.666. The number of hydrogen-bond acceptors (Lipinski definition) is 3. The Morgan fingerprint density at radius 3 is 2.82 bits per heavy atom. The summed E-state index contributed by atoms with van der Waals surface area (Å²) in [6.45, 7) is 3.33. The number of nitrogens with zero attached hydrogens (tertiary/aromatic N) is 2. The molecule has 1 heterocycles. The summed E-state index contributed by atoms with van der Waals surface area (Å²) in [5.74, 6) is -0.0839. The molecule has 0 saturated carbocycles. The topological polar surface area (TPSA) is 52.9 Å². The first-order chi connectivity index (χ1) is 5.11. The van der Waals surface area contributed by atoms with Gasteiger partial charge in [-0.25, -0.2) is 5.01 Å². The van der Waals surface area contributed by atoms with E-state index in [1.54, 1.807) is 7.05 Å². The molecule has 11 heavy (non-hydrogen) atoms. The van der Waals surface area contributed by atoms with Crippen LogP contribution in [0.25, 0.3) is 0 Å². The van der Waals surface area contributed by atoms with Gasteiger partial charge in [-0.05, 0) is 0 Å². The monoisotopic (exact) mass is 154 g/mol. The second-order valence-corrected chi connectivity index (χ2v) is 2.41. The average molecular weight is 154 g/mol. The fourth-order valence-electron chi connectivity index (χ4n) is 0.876. The Morgan fingerprint density at radius 1 is 1.73 bits per heavy atom. The molecule has 0 fully saturated rings. The molecule has 0 radical (unpaired) electrons. The van der Waals surface area contributed by atoms with Gasteiger partial charge in [0.1, 0.15) is 11.5 Å². The summed E-state index contributed by atoms with van der Waals surface area (Å²) in [6, 6.07) is 0. The molecule has 1 aliphatic heterocycles. The minimum Gasteiger partial charge on any atom is -0.507 e. The van der Waals surface area contributed by atoms with Crippen molar-refractivity contribution in [2.75, 3.05) is 7.05 Å². The van der Waals surface area contributed by atoms with E-state index in [9.17, 15) is 4.79 Å². The SMILES string of the molecule is C=C(O)C1=NN(C)C(=O)CC1. The van der Waals surface area contributed by atoms with Crippen molar-refractivity contribution < 1.29 is 9.90 Å². The number of carbonyl (C=O) groups excluding carboxylic acids is 1. The van der Waals surface area contributed by atoms with Gasteiger partial charge in [0.2, 0.25) is 5.91 Å². The van der Waals surface area contributed by atoms with Gasteiger partial charge in [0, 0.05) is 19.9 Å². The molecular formula is C7H10N2O2. The van der Waals surface area contributed by atoms with Crippen molar-refractivity contribution in [1.29, 1.82) is 0 Å². The first-order valence-electron chi connectivity index (χ1n) is 3.33. The Balaban J connectivity index is 2.79. The number of hydrazone groups is 1. The maximum Gasteiger partial charge on any atom is 0.242 e. The fourth-order valence-corrected chi connectivity index (χ4v) is 0.876. The summed E-state index contributed by atoms with van der Waals surface area (Å²) in [5, 5.41) is 14.0. The summed E-state index contributed by atoms with van der Waals surface area (Å²) in [4.78, 5) is 10.9. The van der Waals surface area contributed by atoms with E-state index in [2.05, 4.69) is 11.7 Å². The van der Waals surface area contributed by atoms with Crippen LogP contribution in [-0.4, -0.2) is 28.8 Å². The van der Waals surface area contributed by atoms with Gasteiger partial charge in [0.25, 0.3) is 0 Å². The highest BCUT2D eigenvalue weighted by atomic mass is 16.3. The Hall–Kier alpha value is -1.32. The van der Waals surface area contributed by atoms with E-state index < -0.39 is 0 Å². The van der Waals surface area contributed by atoms with E-state index in [1.807, 2.05) is 0 Å². The molecule has 1 N–H and O–H groups in total. The number of amides is 1. The first kappa shape index (κ1) is 7.78. The zero-order chi connectivity index (χ0) is 8.43. The average Bonchev–Trinajstić information content (AvgIpc) is 1.94. The van der Waals surface area contributed by atoms with Crippen LogP contribution in [0, 0.1) is 0 Å². The molecule has 0 unspecified atom stereocenters. The van der Waals surface area contributed by atoms with E-state index in [0.717, 1.165) is 0 Å². The summed E-state index contributed by atoms with van der Waals surface area (Å²) in [5.41, 5.74) is 0.493. The van der Waals surface area contributed by atoms with E-state index in [4.69, 9.17) is 5.11 Å². The van der Waals surface area contributed by atoms with Crippen molar-refractivity contribution in [3.63, 3.8) is 0 Å². The van der Waals surface area contributed by atoms with Crippen molar-refractivity contribution in [2.24, 2.45) is 5.10 Å². The van der Waals surface area contributed by atoms with Gasteiger partial charge < -0.3 is 5.11 Å². The third kappa shape index (κ3) is 1.58. The zero-order valence-corrected chi connectivity index (χ0v) is 6.37. The van der Waals surface area contributed by atoms with Crippen LogP contribution in [0.1, 0.15) is 12.8 Å². The van der Waals surface area contributed by atoms with E-state index in [1.165, 1.54) is 5.01 Å². The van der Waals surface area contributed by atoms with Crippen molar-refractivity contribution in [3.8, 4) is 0 Å². The van der Waals surface area contributed by atoms with Crippen LogP contribution in [0.15, 0.2) is 17.4 Å². The van der Waals surface area contributed by atoms with Crippen LogP contribution in [-0.2, 0) is 4.79 Å². The van der Waals surface area contributed by atoms with Gasteiger partial charge >= 0.3 is 0 Å². The maximum absolute atomic E-state index is 10.9. The second kappa shape index (κ2) is 2.74. The van der Waals surface area contributed by atoms with Crippen LogP contribution in [0.3, 0.4) is 0 Å². The Kier molecular flexibility index (Phi) is 1.94. The summed E-state index contributed by atoms with van der Waals surface area (Å²) < 4.78 is 0. The largest absolute Gasteiger partial charge is 0.507 e. The number of allylic oxidation sites excluding steroid dienone is 1. The molecule has 0 atom stereocenters. The van der Waals surface area contributed by atoms with E-state index in [-0.39, 0.29) is 11.7 Å². The lowest BCUT2D eigenvalue weighted by molar-refractivity contribution is -0.130. The quantitative estimate of drug-likeness (QED) is 0.564. The van der Waals surface area contributed by atoms with Crippen LogP contribution < -0.4 is 0 Å². The van der Waals surface area contributed by atoms with Crippen molar-refractivity contribution >= 4 is 11.6 Å².